The third kappa shape index (κ3) is 3.56. The molecule has 122 valence electrons. The van der Waals surface area contributed by atoms with Gasteiger partial charge in [0.2, 0.25) is 0 Å². The summed E-state index contributed by atoms with van der Waals surface area (Å²) in [6.07, 6.45) is 3.12. The third-order valence-corrected chi connectivity index (χ3v) is 6.51. The number of hydrogen-bond acceptors (Lipinski definition) is 4. The van der Waals surface area contributed by atoms with Gasteiger partial charge in [-0.1, -0.05) is 41.9 Å². The van der Waals surface area contributed by atoms with E-state index in [0.29, 0.717) is 19.4 Å². The molecule has 0 spiro atoms. The molecule has 0 radical (unpaired) electrons. The molecule has 0 atom stereocenters. The lowest BCUT2D eigenvalue weighted by atomic mass is 10.2. The molecule has 0 bridgehead atoms. The SMILES string of the molecule is O=C(NS(=O)(=O)C1(Cl)CC1)c1ccn(CCc2ccccc2)n1. The molecule has 1 N–H and O–H groups in total. The first-order chi connectivity index (χ1) is 10.9. The average Bonchev–Trinajstić information content (AvgIpc) is 3.12. The Balaban J connectivity index is 1.61. The average molecular weight is 354 g/mol. The standard InChI is InChI=1S/C15H16ClN3O3S/c16-15(8-9-15)23(21,22)18-14(20)13-7-11-19(17-13)10-6-12-4-2-1-3-5-12/h1-5,7,11H,6,8-10H2,(H,18,20). The van der Waals surface area contributed by atoms with Crippen LogP contribution in [0.2, 0.25) is 0 Å². The van der Waals surface area contributed by atoms with E-state index in [2.05, 4.69) is 5.10 Å². The van der Waals surface area contributed by atoms with Gasteiger partial charge in [-0.3, -0.25) is 9.48 Å². The molecular formula is C15H16ClN3O3S. The van der Waals surface area contributed by atoms with Crippen LogP contribution in [0.3, 0.4) is 0 Å². The molecule has 1 fully saturated rings. The van der Waals surface area contributed by atoms with Crippen LogP contribution in [0.1, 0.15) is 28.9 Å². The van der Waals surface area contributed by atoms with Crippen LogP contribution in [0.25, 0.3) is 0 Å². The first-order valence-electron chi connectivity index (χ1n) is 7.23. The Hall–Kier alpha value is -1.86. The van der Waals surface area contributed by atoms with Crippen LogP contribution in [0, 0.1) is 0 Å². The maximum Gasteiger partial charge on any atom is 0.285 e. The van der Waals surface area contributed by atoms with Crippen molar-refractivity contribution in [2.45, 2.75) is 30.0 Å². The summed E-state index contributed by atoms with van der Waals surface area (Å²) in [6.45, 7) is 0.601. The summed E-state index contributed by atoms with van der Waals surface area (Å²) in [5.41, 5.74) is 1.22. The first-order valence-corrected chi connectivity index (χ1v) is 9.09. The van der Waals surface area contributed by atoms with Gasteiger partial charge in [-0.15, -0.1) is 0 Å². The highest BCUT2D eigenvalue weighted by molar-refractivity contribution is 7.93. The molecule has 1 aromatic carbocycles. The Morgan fingerprint density at radius 3 is 2.61 bits per heavy atom. The molecule has 8 heteroatoms. The number of hydrogen-bond donors (Lipinski definition) is 1. The number of aryl methyl sites for hydroxylation is 2. The minimum absolute atomic E-state index is 0.0579. The summed E-state index contributed by atoms with van der Waals surface area (Å²) >= 11 is 5.86. The number of alkyl halides is 1. The van der Waals surface area contributed by atoms with Gasteiger partial charge in [0.25, 0.3) is 15.9 Å². The Morgan fingerprint density at radius 1 is 1.26 bits per heavy atom. The zero-order chi connectivity index (χ0) is 16.5. The first kappa shape index (κ1) is 16.0. The van der Waals surface area contributed by atoms with Crippen molar-refractivity contribution in [2.75, 3.05) is 0 Å². The molecule has 6 nitrogen and oxygen atoms in total. The lowest BCUT2D eigenvalue weighted by molar-refractivity contribution is 0.0975. The minimum atomic E-state index is -3.86. The Morgan fingerprint density at radius 2 is 1.96 bits per heavy atom. The van der Waals surface area contributed by atoms with Gasteiger partial charge in [-0.25, -0.2) is 13.1 Å². The van der Waals surface area contributed by atoms with E-state index in [1.54, 1.807) is 10.9 Å². The van der Waals surface area contributed by atoms with Crippen LogP contribution in [0.15, 0.2) is 42.6 Å². The van der Waals surface area contributed by atoms with Crippen molar-refractivity contribution in [1.29, 1.82) is 0 Å². The van der Waals surface area contributed by atoms with Gasteiger partial charge in [0.15, 0.2) is 9.90 Å². The monoisotopic (exact) mass is 353 g/mol. The zero-order valence-corrected chi connectivity index (χ0v) is 13.8. The van der Waals surface area contributed by atoms with E-state index in [-0.39, 0.29) is 5.69 Å². The number of nitrogens with zero attached hydrogens (tertiary/aromatic N) is 2. The maximum absolute atomic E-state index is 12.0. The second kappa shape index (κ2) is 5.98. The summed E-state index contributed by atoms with van der Waals surface area (Å²) < 4.78 is 26.1. The molecular weight excluding hydrogens is 338 g/mol. The molecule has 23 heavy (non-hydrogen) atoms. The smallest absolute Gasteiger partial charge is 0.272 e. The van der Waals surface area contributed by atoms with Crippen LogP contribution in [0.4, 0.5) is 0 Å². The number of carbonyl (C=O) groups excluding carboxylic acids is 1. The molecule has 1 aromatic heterocycles. The normalized spacial score (nSPS) is 16.0. The zero-order valence-electron chi connectivity index (χ0n) is 12.3. The summed E-state index contributed by atoms with van der Waals surface area (Å²) in [5.74, 6) is -0.754. The topological polar surface area (TPSA) is 81.1 Å². The second-order valence-electron chi connectivity index (χ2n) is 5.52. The fourth-order valence-corrected chi connectivity index (χ4v) is 3.51. The van der Waals surface area contributed by atoms with Gasteiger partial charge in [0.05, 0.1) is 0 Å². The van der Waals surface area contributed by atoms with Gasteiger partial charge in [0, 0.05) is 12.7 Å². The summed E-state index contributed by atoms with van der Waals surface area (Å²) in [5, 5.41) is 4.11. The fourth-order valence-electron chi connectivity index (χ4n) is 2.13. The van der Waals surface area contributed by atoms with Gasteiger partial charge in [-0.05, 0) is 30.9 Å². The van der Waals surface area contributed by atoms with Gasteiger partial charge >= 0.3 is 0 Å². The molecule has 0 aliphatic heterocycles. The highest BCUT2D eigenvalue weighted by atomic mass is 35.5. The number of amides is 1. The highest BCUT2D eigenvalue weighted by Crippen LogP contribution is 2.46. The number of aromatic nitrogens is 2. The van der Waals surface area contributed by atoms with Crippen LogP contribution in [-0.4, -0.2) is 28.3 Å². The van der Waals surface area contributed by atoms with E-state index in [9.17, 15) is 13.2 Å². The second-order valence-corrected chi connectivity index (χ2v) is 8.46. The molecule has 1 aliphatic rings. The molecule has 0 unspecified atom stereocenters. The lowest BCUT2D eigenvalue weighted by Crippen LogP contribution is -2.37. The predicted molar refractivity (Wildman–Crippen MR) is 86.6 cm³/mol. The number of nitrogens with one attached hydrogen (secondary N) is 1. The van der Waals surface area contributed by atoms with Crippen molar-refractivity contribution in [3.63, 3.8) is 0 Å². The summed E-state index contributed by atoms with van der Waals surface area (Å²) in [4.78, 5) is 12.0. The van der Waals surface area contributed by atoms with E-state index < -0.39 is 20.1 Å². The molecule has 3 rings (SSSR count). The van der Waals surface area contributed by atoms with E-state index in [1.807, 2.05) is 35.1 Å². The largest absolute Gasteiger partial charge is 0.285 e. The van der Waals surface area contributed by atoms with Gasteiger partial charge in [-0.2, -0.15) is 5.10 Å². The number of halogens is 1. The van der Waals surface area contributed by atoms with Crippen LogP contribution < -0.4 is 4.72 Å². The van der Waals surface area contributed by atoms with Gasteiger partial charge < -0.3 is 0 Å². The quantitative estimate of drug-likeness (QED) is 0.804. The van der Waals surface area contributed by atoms with Crippen LogP contribution >= 0.6 is 11.6 Å². The van der Waals surface area contributed by atoms with Crippen molar-refractivity contribution >= 4 is 27.5 Å². The molecule has 1 aliphatic carbocycles. The number of rotatable bonds is 6. The van der Waals surface area contributed by atoms with Crippen molar-refractivity contribution in [1.82, 2.24) is 14.5 Å². The fraction of sp³-hybridized carbons (Fsp3) is 0.333. The third-order valence-electron chi connectivity index (χ3n) is 3.70. The lowest BCUT2D eigenvalue weighted by Gasteiger charge is -2.09. The summed E-state index contributed by atoms with van der Waals surface area (Å²) in [7, 11) is -3.86. The molecule has 0 saturated heterocycles. The molecule has 1 heterocycles. The van der Waals surface area contributed by atoms with E-state index >= 15 is 0 Å². The Labute approximate surface area is 139 Å². The van der Waals surface area contributed by atoms with Crippen LogP contribution in [-0.2, 0) is 23.0 Å². The maximum atomic E-state index is 12.0. The molecule has 2 aromatic rings. The Kier molecular flexibility index (Phi) is 4.16. The van der Waals surface area contributed by atoms with E-state index in [4.69, 9.17) is 11.6 Å². The number of benzene rings is 1. The van der Waals surface area contributed by atoms with Crippen LogP contribution in [0.5, 0.6) is 0 Å². The highest BCUT2D eigenvalue weighted by Gasteiger charge is 2.54. The van der Waals surface area contributed by atoms with Crippen molar-refractivity contribution in [3.05, 3.63) is 53.9 Å². The molecule has 1 saturated carbocycles. The summed E-state index contributed by atoms with van der Waals surface area (Å²) in [6, 6.07) is 11.4. The van der Waals surface area contributed by atoms with Crippen molar-refractivity contribution < 1.29 is 13.2 Å². The van der Waals surface area contributed by atoms with Gasteiger partial charge in [0.1, 0.15) is 0 Å². The number of carbonyl (C=O) groups is 1. The van der Waals surface area contributed by atoms with E-state index in [0.717, 1.165) is 12.0 Å². The van der Waals surface area contributed by atoms with Crippen molar-refractivity contribution in [2.24, 2.45) is 0 Å². The predicted octanol–water partition coefficient (Wildman–Crippen LogP) is 1.91. The number of sulfonamides is 1. The van der Waals surface area contributed by atoms with E-state index in [1.165, 1.54) is 6.07 Å². The van der Waals surface area contributed by atoms with Crippen molar-refractivity contribution in [3.8, 4) is 0 Å². The minimum Gasteiger partial charge on any atom is -0.272 e. The molecule has 1 amide bonds. The Bertz CT molecular complexity index is 814.